The Bertz CT molecular complexity index is 211. The minimum atomic E-state index is -0.135. The van der Waals surface area contributed by atoms with Crippen molar-refractivity contribution in [3.8, 4) is 0 Å². The summed E-state index contributed by atoms with van der Waals surface area (Å²) in [6.45, 7) is 7.57. The van der Waals surface area contributed by atoms with E-state index in [4.69, 9.17) is 0 Å². The maximum Gasteiger partial charge on any atom is 0.243 e. The fraction of sp³-hybridized carbons (Fsp3) is 0.636. The van der Waals surface area contributed by atoms with Gasteiger partial charge in [0.15, 0.2) is 0 Å². The first kappa shape index (κ1) is 12.9. The van der Waals surface area contributed by atoms with E-state index in [9.17, 15) is 9.59 Å². The van der Waals surface area contributed by atoms with Crippen molar-refractivity contribution in [2.24, 2.45) is 5.92 Å². The molecule has 14 heavy (non-hydrogen) atoms. The molecule has 0 radical (unpaired) electrons. The van der Waals surface area contributed by atoms with E-state index >= 15 is 0 Å². The SMILES string of the molecule is C=CC(=O)NCCCC[C@H](C)C(C)=O. The van der Waals surface area contributed by atoms with Gasteiger partial charge in [-0.15, -0.1) is 0 Å². The van der Waals surface area contributed by atoms with Crippen LogP contribution in [0, 0.1) is 5.92 Å². The third kappa shape index (κ3) is 6.40. The van der Waals surface area contributed by atoms with Gasteiger partial charge in [0.1, 0.15) is 5.78 Å². The summed E-state index contributed by atoms with van der Waals surface area (Å²) in [6.07, 6.45) is 4.05. The van der Waals surface area contributed by atoms with Crippen molar-refractivity contribution in [2.45, 2.75) is 33.1 Å². The van der Waals surface area contributed by atoms with Crippen LogP contribution >= 0.6 is 0 Å². The van der Waals surface area contributed by atoms with Crippen molar-refractivity contribution < 1.29 is 9.59 Å². The molecule has 0 unspecified atom stereocenters. The van der Waals surface area contributed by atoms with Crippen molar-refractivity contribution >= 4 is 11.7 Å². The number of ketones is 1. The van der Waals surface area contributed by atoms with Crippen LogP contribution in [0.3, 0.4) is 0 Å². The molecule has 80 valence electrons. The third-order valence-corrected chi connectivity index (χ3v) is 2.24. The highest BCUT2D eigenvalue weighted by atomic mass is 16.1. The first-order chi connectivity index (χ1) is 6.57. The highest BCUT2D eigenvalue weighted by Gasteiger charge is 2.06. The van der Waals surface area contributed by atoms with Crippen molar-refractivity contribution in [2.75, 3.05) is 6.54 Å². The summed E-state index contributed by atoms with van der Waals surface area (Å²) in [6, 6.07) is 0. The molecule has 0 aliphatic carbocycles. The topological polar surface area (TPSA) is 46.2 Å². The molecule has 0 aromatic carbocycles. The number of hydrogen-bond donors (Lipinski definition) is 1. The molecule has 0 aromatic rings. The van der Waals surface area contributed by atoms with Crippen molar-refractivity contribution in [3.05, 3.63) is 12.7 Å². The van der Waals surface area contributed by atoms with E-state index in [0.717, 1.165) is 19.3 Å². The first-order valence-corrected chi connectivity index (χ1v) is 4.98. The van der Waals surface area contributed by atoms with Crippen LogP contribution in [0.5, 0.6) is 0 Å². The van der Waals surface area contributed by atoms with Crippen LogP contribution in [-0.4, -0.2) is 18.2 Å². The Morgan fingerprint density at radius 3 is 2.57 bits per heavy atom. The van der Waals surface area contributed by atoms with Crippen LogP contribution < -0.4 is 5.32 Å². The molecule has 0 fully saturated rings. The maximum atomic E-state index is 10.9. The number of unbranched alkanes of at least 4 members (excludes halogenated alkanes) is 1. The largest absolute Gasteiger partial charge is 0.353 e. The van der Waals surface area contributed by atoms with Gasteiger partial charge in [-0.3, -0.25) is 9.59 Å². The van der Waals surface area contributed by atoms with E-state index in [-0.39, 0.29) is 17.6 Å². The van der Waals surface area contributed by atoms with Gasteiger partial charge in [0, 0.05) is 12.5 Å². The second kappa shape index (κ2) is 7.30. The van der Waals surface area contributed by atoms with Gasteiger partial charge in [0.05, 0.1) is 0 Å². The van der Waals surface area contributed by atoms with E-state index in [2.05, 4.69) is 11.9 Å². The average Bonchev–Trinajstić information content (AvgIpc) is 2.16. The molecule has 1 amide bonds. The van der Waals surface area contributed by atoms with Gasteiger partial charge in [-0.1, -0.05) is 19.9 Å². The van der Waals surface area contributed by atoms with Crippen LogP contribution in [-0.2, 0) is 9.59 Å². The smallest absolute Gasteiger partial charge is 0.243 e. The Kier molecular flexibility index (Phi) is 6.72. The number of rotatable bonds is 7. The monoisotopic (exact) mass is 197 g/mol. The zero-order valence-corrected chi connectivity index (χ0v) is 9.01. The molecule has 0 saturated heterocycles. The number of carbonyl (C=O) groups excluding carboxylic acids is 2. The lowest BCUT2D eigenvalue weighted by Gasteiger charge is -2.06. The molecule has 0 saturated carbocycles. The fourth-order valence-electron chi connectivity index (χ4n) is 1.06. The highest BCUT2D eigenvalue weighted by molar-refractivity contribution is 5.86. The number of Topliss-reactive ketones (excluding diaryl/α,β-unsaturated/α-hetero) is 1. The standard InChI is InChI=1S/C11H19NO2/c1-4-11(14)12-8-6-5-7-9(2)10(3)13/h4,9H,1,5-8H2,2-3H3,(H,12,14)/t9-/m0/s1. The number of amides is 1. The molecule has 0 heterocycles. The molecular formula is C11H19NO2. The summed E-state index contributed by atoms with van der Waals surface area (Å²) in [4.78, 5) is 21.6. The van der Waals surface area contributed by atoms with E-state index < -0.39 is 0 Å². The van der Waals surface area contributed by atoms with E-state index in [1.165, 1.54) is 6.08 Å². The number of carbonyl (C=O) groups is 2. The zero-order valence-electron chi connectivity index (χ0n) is 9.01. The minimum Gasteiger partial charge on any atom is -0.353 e. The van der Waals surface area contributed by atoms with E-state index in [0.29, 0.717) is 6.54 Å². The molecule has 0 aliphatic rings. The predicted octanol–water partition coefficient (Wildman–Crippen LogP) is 1.68. The summed E-state index contributed by atoms with van der Waals surface area (Å²) in [7, 11) is 0. The summed E-state index contributed by atoms with van der Waals surface area (Å²) in [5, 5.41) is 2.69. The lowest BCUT2D eigenvalue weighted by molar-refractivity contribution is -0.120. The number of nitrogens with one attached hydrogen (secondary N) is 1. The Labute approximate surface area is 85.6 Å². The molecule has 0 aromatic heterocycles. The molecule has 0 rings (SSSR count). The maximum absolute atomic E-state index is 10.9. The fourth-order valence-corrected chi connectivity index (χ4v) is 1.06. The van der Waals surface area contributed by atoms with Gasteiger partial charge in [-0.05, 0) is 25.8 Å². The van der Waals surface area contributed by atoms with Gasteiger partial charge in [0.2, 0.25) is 5.91 Å². The summed E-state index contributed by atoms with van der Waals surface area (Å²) >= 11 is 0. The Balaban J connectivity index is 3.34. The van der Waals surface area contributed by atoms with E-state index in [1.807, 2.05) is 6.92 Å². The molecule has 3 heteroatoms. The van der Waals surface area contributed by atoms with Gasteiger partial charge < -0.3 is 5.32 Å². The molecule has 0 bridgehead atoms. The second-order valence-electron chi connectivity index (χ2n) is 3.50. The van der Waals surface area contributed by atoms with Crippen LogP contribution in [0.25, 0.3) is 0 Å². The van der Waals surface area contributed by atoms with Crippen molar-refractivity contribution in [1.82, 2.24) is 5.32 Å². The lowest BCUT2D eigenvalue weighted by Crippen LogP contribution is -2.21. The first-order valence-electron chi connectivity index (χ1n) is 4.98. The van der Waals surface area contributed by atoms with Crippen molar-refractivity contribution in [3.63, 3.8) is 0 Å². The quantitative estimate of drug-likeness (QED) is 0.498. The molecule has 3 nitrogen and oxygen atoms in total. The molecule has 0 aliphatic heterocycles. The third-order valence-electron chi connectivity index (χ3n) is 2.24. The van der Waals surface area contributed by atoms with E-state index in [1.54, 1.807) is 6.92 Å². The second-order valence-corrected chi connectivity index (χ2v) is 3.50. The van der Waals surface area contributed by atoms with Gasteiger partial charge in [-0.25, -0.2) is 0 Å². The lowest BCUT2D eigenvalue weighted by atomic mass is 10.0. The van der Waals surface area contributed by atoms with Crippen molar-refractivity contribution in [1.29, 1.82) is 0 Å². The summed E-state index contributed by atoms with van der Waals surface area (Å²) in [5.41, 5.74) is 0. The molecular weight excluding hydrogens is 178 g/mol. The Morgan fingerprint density at radius 1 is 1.43 bits per heavy atom. The average molecular weight is 197 g/mol. The molecule has 1 atom stereocenters. The minimum absolute atomic E-state index is 0.135. The number of hydrogen-bond acceptors (Lipinski definition) is 2. The van der Waals surface area contributed by atoms with Gasteiger partial charge in [-0.2, -0.15) is 0 Å². The predicted molar refractivity (Wildman–Crippen MR) is 56.9 cm³/mol. The highest BCUT2D eigenvalue weighted by Crippen LogP contribution is 2.07. The van der Waals surface area contributed by atoms with Crippen LogP contribution in [0.4, 0.5) is 0 Å². The van der Waals surface area contributed by atoms with Crippen LogP contribution in [0.2, 0.25) is 0 Å². The summed E-state index contributed by atoms with van der Waals surface area (Å²) in [5.74, 6) is 0.245. The van der Waals surface area contributed by atoms with Gasteiger partial charge in [0.25, 0.3) is 0 Å². The van der Waals surface area contributed by atoms with Gasteiger partial charge >= 0.3 is 0 Å². The van der Waals surface area contributed by atoms with Crippen LogP contribution in [0.1, 0.15) is 33.1 Å². The summed E-state index contributed by atoms with van der Waals surface area (Å²) < 4.78 is 0. The normalized spacial score (nSPS) is 11.9. The zero-order chi connectivity index (χ0) is 11.0. The Morgan fingerprint density at radius 2 is 2.07 bits per heavy atom. The van der Waals surface area contributed by atoms with Crippen LogP contribution in [0.15, 0.2) is 12.7 Å². The Hall–Kier alpha value is -1.12. The molecule has 0 spiro atoms. The molecule has 1 N–H and O–H groups in total.